The van der Waals surface area contributed by atoms with Gasteiger partial charge in [0.2, 0.25) is 10.0 Å². The van der Waals surface area contributed by atoms with E-state index in [0.717, 1.165) is 36.2 Å². The zero-order valence-electron chi connectivity index (χ0n) is 15.6. The zero-order valence-corrected chi connectivity index (χ0v) is 18.1. The number of nitrogens with zero attached hydrogens (tertiary/aromatic N) is 2. The smallest absolute Gasteiger partial charge is 0.341 e. The standard InChI is InChI=1S/C17H25N3O4S3/c1-24-16(21)14-12-6-4-3-5-7-13(12)26-15(14)18-17(25)19-8-10-20(11-9-19)27(2,22)23/h3-11H2,1-2H3,(H,18,25). The summed E-state index contributed by atoms with van der Waals surface area (Å²) in [6, 6.07) is 0. The number of rotatable bonds is 3. The monoisotopic (exact) mass is 431 g/mol. The van der Waals surface area contributed by atoms with E-state index in [4.69, 9.17) is 17.0 Å². The topological polar surface area (TPSA) is 79.0 Å². The van der Waals surface area contributed by atoms with E-state index < -0.39 is 10.0 Å². The quantitative estimate of drug-likeness (QED) is 0.446. The van der Waals surface area contributed by atoms with Crippen LogP contribution in [0.25, 0.3) is 0 Å². The summed E-state index contributed by atoms with van der Waals surface area (Å²) in [6.45, 7) is 1.87. The largest absolute Gasteiger partial charge is 0.465 e. The van der Waals surface area contributed by atoms with Crippen LogP contribution in [0.15, 0.2) is 0 Å². The number of carbonyl (C=O) groups excluding carboxylic acids is 1. The fraction of sp³-hybridized carbons (Fsp3) is 0.647. The Kier molecular flexibility index (Phi) is 6.39. The maximum absolute atomic E-state index is 12.4. The van der Waals surface area contributed by atoms with E-state index in [9.17, 15) is 13.2 Å². The number of aryl methyl sites for hydroxylation is 1. The predicted molar refractivity (Wildman–Crippen MR) is 111 cm³/mol. The van der Waals surface area contributed by atoms with Gasteiger partial charge in [-0.1, -0.05) is 6.42 Å². The normalized spacial score (nSPS) is 18.5. The average molecular weight is 432 g/mol. The van der Waals surface area contributed by atoms with E-state index in [0.29, 0.717) is 36.9 Å². The van der Waals surface area contributed by atoms with E-state index in [2.05, 4.69) is 5.32 Å². The second-order valence-corrected chi connectivity index (χ2v) is 10.3. The minimum atomic E-state index is -3.18. The predicted octanol–water partition coefficient (Wildman–Crippen LogP) is 2.08. The molecule has 7 nitrogen and oxygen atoms in total. The van der Waals surface area contributed by atoms with E-state index in [1.807, 2.05) is 4.90 Å². The maximum Gasteiger partial charge on any atom is 0.341 e. The number of esters is 1. The minimum Gasteiger partial charge on any atom is -0.465 e. The Morgan fingerprint density at radius 1 is 1.15 bits per heavy atom. The van der Waals surface area contributed by atoms with Crippen molar-refractivity contribution in [2.75, 3.05) is 44.9 Å². The highest BCUT2D eigenvalue weighted by atomic mass is 32.2. The number of thiocarbonyl (C=S) groups is 1. The van der Waals surface area contributed by atoms with Crippen LogP contribution in [0.5, 0.6) is 0 Å². The number of fused-ring (bicyclic) bond motifs is 1. The van der Waals surface area contributed by atoms with Crippen LogP contribution in [0.2, 0.25) is 0 Å². The number of methoxy groups -OCH3 is 1. The van der Waals surface area contributed by atoms with Gasteiger partial charge in [0.05, 0.1) is 18.9 Å². The molecule has 27 heavy (non-hydrogen) atoms. The van der Waals surface area contributed by atoms with Gasteiger partial charge in [-0.25, -0.2) is 13.2 Å². The SMILES string of the molecule is COC(=O)c1c(NC(=S)N2CCN(S(C)(=O)=O)CC2)sc2c1CCCCC2. The number of ether oxygens (including phenoxy) is 1. The highest BCUT2D eigenvalue weighted by molar-refractivity contribution is 7.88. The second kappa shape index (κ2) is 8.42. The molecule has 150 valence electrons. The third-order valence-electron chi connectivity index (χ3n) is 5.03. The summed E-state index contributed by atoms with van der Waals surface area (Å²) >= 11 is 7.12. The molecule has 10 heteroatoms. The lowest BCUT2D eigenvalue weighted by Gasteiger charge is -2.34. The first-order chi connectivity index (χ1) is 12.8. The molecular formula is C17H25N3O4S3. The number of hydrogen-bond acceptors (Lipinski definition) is 6. The van der Waals surface area contributed by atoms with Crippen LogP contribution in [0.1, 0.15) is 40.1 Å². The van der Waals surface area contributed by atoms with Gasteiger partial charge in [0.1, 0.15) is 5.00 Å². The molecule has 0 unspecified atom stereocenters. The lowest BCUT2D eigenvalue weighted by Crippen LogP contribution is -2.51. The molecule has 2 aliphatic rings. The molecule has 1 aromatic rings. The third-order valence-corrected chi connectivity index (χ3v) is 7.90. The van der Waals surface area contributed by atoms with Gasteiger partial charge < -0.3 is 15.0 Å². The van der Waals surface area contributed by atoms with Crippen molar-refractivity contribution in [1.82, 2.24) is 9.21 Å². The third kappa shape index (κ3) is 4.61. The van der Waals surface area contributed by atoms with Gasteiger partial charge in [-0.05, 0) is 43.5 Å². The molecule has 1 N–H and O–H groups in total. The number of nitrogens with one attached hydrogen (secondary N) is 1. The summed E-state index contributed by atoms with van der Waals surface area (Å²) in [4.78, 5) is 15.6. The molecule has 3 rings (SSSR count). The van der Waals surface area contributed by atoms with Crippen LogP contribution in [0.3, 0.4) is 0 Å². The van der Waals surface area contributed by atoms with Crippen LogP contribution in [0, 0.1) is 0 Å². The number of piperazine rings is 1. The van der Waals surface area contributed by atoms with Gasteiger partial charge >= 0.3 is 5.97 Å². The number of carbonyl (C=O) groups is 1. The van der Waals surface area contributed by atoms with Crippen molar-refractivity contribution in [3.8, 4) is 0 Å². The summed E-state index contributed by atoms with van der Waals surface area (Å²) in [5, 5.41) is 4.49. The first-order valence-electron chi connectivity index (χ1n) is 9.05. The van der Waals surface area contributed by atoms with Crippen LogP contribution in [-0.4, -0.2) is 68.2 Å². The fourth-order valence-corrected chi connectivity index (χ4v) is 6.00. The summed E-state index contributed by atoms with van der Waals surface area (Å²) in [5.74, 6) is -0.332. The van der Waals surface area contributed by atoms with Gasteiger partial charge in [-0.3, -0.25) is 0 Å². The maximum atomic E-state index is 12.4. The van der Waals surface area contributed by atoms with Gasteiger partial charge in [0.15, 0.2) is 5.11 Å². The number of hydrogen-bond donors (Lipinski definition) is 1. The highest BCUT2D eigenvalue weighted by Gasteiger charge is 2.28. The lowest BCUT2D eigenvalue weighted by molar-refractivity contribution is 0.0601. The van der Waals surface area contributed by atoms with Crippen molar-refractivity contribution in [3.05, 3.63) is 16.0 Å². The second-order valence-electron chi connectivity index (χ2n) is 6.84. The number of sulfonamides is 1. The zero-order chi connectivity index (χ0) is 19.6. The Bertz CT molecular complexity index is 827. The molecule has 0 atom stereocenters. The molecule has 0 amide bonds. The minimum absolute atomic E-state index is 0.332. The average Bonchev–Trinajstić information content (AvgIpc) is 2.81. The lowest BCUT2D eigenvalue weighted by atomic mass is 10.1. The molecule has 0 radical (unpaired) electrons. The van der Waals surface area contributed by atoms with Crippen molar-refractivity contribution in [2.24, 2.45) is 0 Å². The molecule has 0 bridgehead atoms. The Morgan fingerprint density at radius 2 is 1.81 bits per heavy atom. The van der Waals surface area contributed by atoms with E-state index in [-0.39, 0.29) is 5.97 Å². The summed E-state index contributed by atoms with van der Waals surface area (Å²) in [7, 11) is -1.78. The van der Waals surface area contributed by atoms with Crippen molar-refractivity contribution in [3.63, 3.8) is 0 Å². The van der Waals surface area contributed by atoms with Gasteiger partial charge in [-0.15, -0.1) is 11.3 Å². The Hall–Kier alpha value is -1.23. The molecule has 1 aliphatic carbocycles. The summed E-state index contributed by atoms with van der Waals surface area (Å²) in [5.41, 5.74) is 1.70. The number of thiophene rings is 1. The molecule has 1 aliphatic heterocycles. The summed E-state index contributed by atoms with van der Waals surface area (Å²) in [6.07, 6.45) is 6.47. The van der Waals surface area contributed by atoms with Crippen LogP contribution in [0.4, 0.5) is 5.00 Å². The van der Waals surface area contributed by atoms with Crippen LogP contribution < -0.4 is 5.32 Å². The molecule has 0 aromatic carbocycles. The van der Waals surface area contributed by atoms with Gasteiger partial charge in [-0.2, -0.15) is 4.31 Å². The Labute approximate surface area is 169 Å². The number of anilines is 1. The van der Waals surface area contributed by atoms with Crippen LogP contribution in [-0.2, 0) is 27.6 Å². The molecule has 1 fully saturated rings. The van der Waals surface area contributed by atoms with Crippen LogP contribution >= 0.6 is 23.6 Å². The van der Waals surface area contributed by atoms with Crippen molar-refractivity contribution in [1.29, 1.82) is 0 Å². The summed E-state index contributed by atoms with van der Waals surface area (Å²) < 4.78 is 29.8. The van der Waals surface area contributed by atoms with Crippen molar-refractivity contribution in [2.45, 2.75) is 32.1 Å². The Balaban J connectivity index is 1.75. The first-order valence-corrected chi connectivity index (χ1v) is 12.1. The molecule has 0 saturated carbocycles. The van der Waals surface area contributed by atoms with E-state index in [1.54, 1.807) is 11.3 Å². The van der Waals surface area contributed by atoms with E-state index in [1.165, 1.54) is 29.0 Å². The first kappa shape index (κ1) is 20.5. The molecular weight excluding hydrogens is 406 g/mol. The molecule has 2 heterocycles. The molecule has 0 spiro atoms. The van der Waals surface area contributed by atoms with E-state index >= 15 is 0 Å². The van der Waals surface area contributed by atoms with Crippen molar-refractivity contribution < 1.29 is 17.9 Å². The Morgan fingerprint density at radius 3 is 2.44 bits per heavy atom. The van der Waals surface area contributed by atoms with Gasteiger partial charge in [0, 0.05) is 31.1 Å². The fourth-order valence-electron chi connectivity index (χ4n) is 3.55. The van der Waals surface area contributed by atoms with Gasteiger partial charge in [0.25, 0.3) is 0 Å². The van der Waals surface area contributed by atoms with Crippen molar-refractivity contribution >= 4 is 49.7 Å². The molecule has 1 saturated heterocycles. The molecule has 1 aromatic heterocycles. The highest BCUT2D eigenvalue weighted by Crippen LogP contribution is 2.38.